The van der Waals surface area contributed by atoms with E-state index in [1.54, 1.807) is 12.1 Å². The van der Waals surface area contributed by atoms with Crippen molar-refractivity contribution < 1.29 is 14.7 Å². The molecule has 0 aromatic heterocycles. The van der Waals surface area contributed by atoms with Crippen LogP contribution in [0.2, 0.25) is 0 Å². The normalized spacial score (nSPS) is 15.2. The summed E-state index contributed by atoms with van der Waals surface area (Å²) in [7, 11) is 0. The van der Waals surface area contributed by atoms with E-state index in [4.69, 9.17) is 0 Å². The molecule has 2 N–H and O–H groups in total. The minimum atomic E-state index is -0.345. The third-order valence-corrected chi connectivity index (χ3v) is 5.38. The molecule has 6 nitrogen and oxygen atoms in total. The average molecular weight is 446 g/mol. The van der Waals surface area contributed by atoms with E-state index in [2.05, 4.69) is 26.1 Å². The minimum absolute atomic E-state index is 0.0252. The number of piperazine rings is 1. The zero-order chi connectivity index (χ0) is 20.1. The van der Waals surface area contributed by atoms with Gasteiger partial charge >= 0.3 is 0 Å². The van der Waals surface area contributed by atoms with Gasteiger partial charge in [-0.15, -0.1) is 0 Å². The Morgan fingerprint density at radius 1 is 1.11 bits per heavy atom. The number of halogens is 1. The smallest absolute Gasteiger partial charge is 0.225 e. The molecule has 2 amide bonds. The molecule has 1 aliphatic rings. The number of carbonyl (C=O) groups is 2. The third kappa shape index (κ3) is 5.25. The Balaban J connectivity index is 1.61. The number of nitrogens with zero attached hydrogens (tertiary/aromatic N) is 2. The van der Waals surface area contributed by atoms with Crippen molar-refractivity contribution in [1.29, 1.82) is 0 Å². The first kappa shape index (κ1) is 20.2. The van der Waals surface area contributed by atoms with Crippen molar-refractivity contribution in [2.24, 2.45) is 0 Å². The summed E-state index contributed by atoms with van der Waals surface area (Å²) in [5.41, 5.74) is 1.86. The molecule has 1 unspecified atom stereocenters. The number of rotatable bonds is 5. The van der Waals surface area contributed by atoms with E-state index in [1.165, 1.54) is 6.92 Å². The molecule has 1 heterocycles. The Kier molecular flexibility index (Phi) is 6.57. The first-order chi connectivity index (χ1) is 13.4. The van der Waals surface area contributed by atoms with Gasteiger partial charge < -0.3 is 20.2 Å². The number of phenols is 1. The number of anilines is 1. The van der Waals surface area contributed by atoms with Crippen molar-refractivity contribution in [3.05, 3.63) is 58.6 Å². The van der Waals surface area contributed by atoms with Gasteiger partial charge in [-0.1, -0.05) is 34.1 Å². The molecule has 2 aromatic rings. The van der Waals surface area contributed by atoms with Gasteiger partial charge in [0.1, 0.15) is 5.75 Å². The van der Waals surface area contributed by atoms with Gasteiger partial charge in [-0.3, -0.25) is 9.59 Å². The summed E-state index contributed by atoms with van der Waals surface area (Å²) in [5, 5.41) is 12.5. The van der Waals surface area contributed by atoms with Gasteiger partial charge in [0.25, 0.3) is 0 Å². The van der Waals surface area contributed by atoms with Crippen molar-refractivity contribution in [1.82, 2.24) is 10.2 Å². The molecule has 0 spiro atoms. The fraction of sp³-hybridized carbons (Fsp3) is 0.333. The molecule has 3 rings (SSSR count). The third-order valence-electron chi connectivity index (χ3n) is 4.86. The number of phenolic OH excluding ortho intramolecular Hbond substituents is 1. The monoisotopic (exact) mass is 445 g/mol. The van der Waals surface area contributed by atoms with E-state index < -0.39 is 0 Å². The maximum Gasteiger partial charge on any atom is 0.225 e. The SMILES string of the molecule is CC(=O)NC(CC(=O)N1CCN(c2cccc(O)c2)CC1)c1ccc(Br)cc1. The topological polar surface area (TPSA) is 72.9 Å². The van der Waals surface area contributed by atoms with Crippen molar-refractivity contribution in [2.45, 2.75) is 19.4 Å². The van der Waals surface area contributed by atoms with Crippen LogP contribution in [-0.4, -0.2) is 48.0 Å². The van der Waals surface area contributed by atoms with Crippen LogP contribution in [0.25, 0.3) is 0 Å². The van der Waals surface area contributed by atoms with Crippen LogP contribution in [0.15, 0.2) is 53.0 Å². The Hall–Kier alpha value is -2.54. The summed E-state index contributed by atoms with van der Waals surface area (Å²) in [6, 6.07) is 14.4. The van der Waals surface area contributed by atoms with Crippen molar-refractivity contribution in [2.75, 3.05) is 31.1 Å². The number of nitrogens with one attached hydrogen (secondary N) is 1. The van der Waals surface area contributed by atoms with Gasteiger partial charge in [-0.2, -0.15) is 0 Å². The highest BCUT2D eigenvalue weighted by molar-refractivity contribution is 9.10. The van der Waals surface area contributed by atoms with E-state index in [1.807, 2.05) is 41.3 Å². The zero-order valence-electron chi connectivity index (χ0n) is 15.8. The summed E-state index contributed by atoms with van der Waals surface area (Å²) in [6.07, 6.45) is 0.230. The molecule has 1 saturated heterocycles. The molecule has 1 atom stereocenters. The lowest BCUT2D eigenvalue weighted by atomic mass is 10.0. The Labute approximate surface area is 173 Å². The second-order valence-electron chi connectivity index (χ2n) is 6.90. The van der Waals surface area contributed by atoms with E-state index in [-0.39, 0.29) is 30.0 Å². The van der Waals surface area contributed by atoms with Gasteiger partial charge in [0.05, 0.1) is 12.5 Å². The first-order valence-electron chi connectivity index (χ1n) is 9.26. The quantitative estimate of drug-likeness (QED) is 0.741. The highest BCUT2D eigenvalue weighted by Gasteiger charge is 2.25. The van der Waals surface area contributed by atoms with Gasteiger partial charge in [-0.25, -0.2) is 0 Å². The molecule has 0 saturated carbocycles. The fourth-order valence-corrected chi connectivity index (χ4v) is 3.66. The molecule has 148 valence electrons. The molecule has 0 aliphatic carbocycles. The fourth-order valence-electron chi connectivity index (χ4n) is 3.40. The standard InChI is InChI=1S/C21H24BrN3O3/c1-15(26)23-20(16-5-7-17(22)8-6-16)14-21(28)25-11-9-24(10-12-25)18-3-2-4-19(27)13-18/h2-8,13,20,27H,9-12,14H2,1H3,(H,23,26). The molecule has 0 bridgehead atoms. The van der Waals surface area contributed by atoms with Crippen LogP contribution < -0.4 is 10.2 Å². The number of aromatic hydroxyl groups is 1. The Morgan fingerprint density at radius 2 is 1.79 bits per heavy atom. The number of benzene rings is 2. The number of hydrogen-bond acceptors (Lipinski definition) is 4. The first-order valence-corrected chi connectivity index (χ1v) is 10.1. The van der Waals surface area contributed by atoms with Crippen LogP contribution in [-0.2, 0) is 9.59 Å². The number of hydrogen-bond donors (Lipinski definition) is 2. The predicted octanol–water partition coefficient (Wildman–Crippen LogP) is 3.07. The van der Waals surface area contributed by atoms with Crippen molar-refractivity contribution in [3.63, 3.8) is 0 Å². The number of amides is 2. The summed E-state index contributed by atoms with van der Waals surface area (Å²) >= 11 is 3.41. The van der Waals surface area contributed by atoms with Crippen molar-refractivity contribution in [3.8, 4) is 5.75 Å². The van der Waals surface area contributed by atoms with Crippen LogP contribution in [0.3, 0.4) is 0 Å². The summed E-state index contributed by atoms with van der Waals surface area (Å²) in [6.45, 7) is 4.10. The molecule has 7 heteroatoms. The summed E-state index contributed by atoms with van der Waals surface area (Å²) < 4.78 is 0.951. The minimum Gasteiger partial charge on any atom is -0.508 e. The molecule has 28 heavy (non-hydrogen) atoms. The van der Waals surface area contributed by atoms with E-state index >= 15 is 0 Å². The summed E-state index contributed by atoms with van der Waals surface area (Å²) in [5.74, 6) is 0.107. The summed E-state index contributed by atoms with van der Waals surface area (Å²) in [4.78, 5) is 28.4. The van der Waals surface area contributed by atoms with E-state index in [9.17, 15) is 14.7 Å². The molecular weight excluding hydrogens is 422 g/mol. The maximum atomic E-state index is 12.8. The second-order valence-corrected chi connectivity index (χ2v) is 7.81. The molecular formula is C21H24BrN3O3. The van der Waals surface area contributed by atoms with Crippen LogP contribution in [0.5, 0.6) is 5.75 Å². The molecule has 2 aromatic carbocycles. The van der Waals surface area contributed by atoms with Crippen LogP contribution in [0.1, 0.15) is 24.9 Å². The zero-order valence-corrected chi connectivity index (χ0v) is 17.4. The second kappa shape index (κ2) is 9.10. The van der Waals surface area contributed by atoms with Gasteiger partial charge in [-0.05, 0) is 29.8 Å². The van der Waals surface area contributed by atoms with E-state index in [0.29, 0.717) is 26.2 Å². The van der Waals surface area contributed by atoms with Crippen LogP contribution in [0.4, 0.5) is 5.69 Å². The molecule has 1 fully saturated rings. The molecule has 1 aliphatic heterocycles. The van der Waals surface area contributed by atoms with Gasteiger partial charge in [0.2, 0.25) is 11.8 Å². The highest BCUT2D eigenvalue weighted by Crippen LogP contribution is 2.23. The Morgan fingerprint density at radius 3 is 2.39 bits per heavy atom. The lowest BCUT2D eigenvalue weighted by molar-refractivity contribution is -0.132. The van der Waals surface area contributed by atoms with Crippen LogP contribution in [0, 0.1) is 0 Å². The van der Waals surface area contributed by atoms with E-state index in [0.717, 1.165) is 15.7 Å². The predicted molar refractivity (Wildman–Crippen MR) is 112 cm³/mol. The van der Waals surface area contributed by atoms with Gasteiger partial charge in [0.15, 0.2) is 0 Å². The maximum absolute atomic E-state index is 12.8. The largest absolute Gasteiger partial charge is 0.508 e. The van der Waals surface area contributed by atoms with Crippen LogP contribution >= 0.6 is 15.9 Å². The average Bonchev–Trinajstić information content (AvgIpc) is 2.68. The number of carbonyl (C=O) groups excluding carboxylic acids is 2. The lowest BCUT2D eigenvalue weighted by Crippen LogP contribution is -2.49. The lowest BCUT2D eigenvalue weighted by Gasteiger charge is -2.36. The van der Waals surface area contributed by atoms with Gasteiger partial charge in [0, 0.05) is 49.3 Å². The van der Waals surface area contributed by atoms with Crippen molar-refractivity contribution >= 4 is 33.4 Å². The highest BCUT2D eigenvalue weighted by atomic mass is 79.9. The molecule has 0 radical (unpaired) electrons. The Bertz CT molecular complexity index is 833.